The SMILES string of the molecule is CCCCCCCCNC(=O)[C@H]1O[C@H]2OC3(CCCCC3)O[C@@H]2[C@H]2OC3(CCCCC3)O[C@H]21. The van der Waals surface area contributed by atoms with Crippen molar-refractivity contribution >= 4 is 5.91 Å². The fraction of sp³-hybridized carbons (Fsp3) is 0.962. The van der Waals surface area contributed by atoms with Crippen LogP contribution < -0.4 is 5.32 Å². The van der Waals surface area contributed by atoms with Crippen LogP contribution in [0.4, 0.5) is 0 Å². The van der Waals surface area contributed by atoms with Crippen LogP contribution in [0.5, 0.6) is 0 Å². The van der Waals surface area contributed by atoms with Crippen LogP contribution in [0.2, 0.25) is 0 Å². The summed E-state index contributed by atoms with van der Waals surface area (Å²) in [5.74, 6) is -1.30. The molecular formula is C26H43NO6. The molecule has 0 unspecified atom stereocenters. The Morgan fingerprint density at radius 3 is 2.00 bits per heavy atom. The van der Waals surface area contributed by atoms with Crippen LogP contribution in [0.25, 0.3) is 0 Å². The Bertz CT molecular complexity index is 659. The molecule has 1 amide bonds. The fourth-order valence-electron chi connectivity index (χ4n) is 6.39. The first-order valence-electron chi connectivity index (χ1n) is 13.8. The number of amides is 1. The van der Waals surface area contributed by atoms with Gasteiger partial charge in [-0.15, -0.1) is 0 Å². The van der Waals surface area contributed by atoms with E-state index >= 15 is 0 Å². The van der Waals surface area contributed by atoms with Crippen molar-refractivity contribution in [1.29, 1.82) is 0 Å². The van der Waals surface area contributed by atoms with Gasteiger partial charge in [-0.2, -0.15) is 0 Å². The Morgan fingerprint density at radius 2 is 1.30 bits per heavy atom. The first-order valence-corrected chi connectivity index (χ1v) is 13.8. The van der Waals surface area contributed by atoms with Crippen LogP contribution in [0.3, 0.4) is 0 Å². The van der Waals surface area contributed by atoms with E-state index in [1.54, 1.807) is 0 Å². The van der Waals surface area contributed by atoms with E-state index in [0.717, 1.165) is 64.2 Å². The Labute approximate surface area is 198 Å². The van der Waals surface area contributed by atoms with Gasteiger partial charge in [0.25, 0.3) is 5.91 Å². The third kappa shape index (κ3) is 5.13. The summed E-state index contributed by atoms with van der Waals surface area (Å²) in [6, 6.07) is 0. The van der Waals surface area contributed by atoms with E-state index in [1.807, 2.05) is 0 Å². The molecular weight excluding hydrogens is 422 g/mol. The summed E-state index contributed by atoms with van der Waals surface area (Å²) < 4.78 is 32.4. The molecule has 5 fully saturated rings. The van der Waals surface area contributed by atoms with E-state index in [0.29, 0.717) is 6.54 Å². The van der Waals surface area contributed by atoms with Gasteiger partial charge in [0.05, 0.1) is 0 Å². The summed E-state index contributed by atoms with van der Waals surface area (Å²) in [6.07, 6.45) is 15.0. The molecule has 0 aromatic carbocycles. The number of fused-ring (bicyclic) bond motifs is 3. The average Bonchev–Trinajstić information content (AvgIpc) is 3.36. The largest absolute Gasteiger partial charge is 0.354 e. The number of carbonyl (C=O) groups excluding carboxylic acids is 1. The van der Waals surface area contributed by atoms with Gasteiger partial charge >= 0.3 is 0 Å². The van der Waals surface area contributed by atoms with Gasteiger partial charge in [-0.1, -0.05) is 51.9 Å². The van der Waals surface area contributed by atoms with Crippen molar-refractivity contribution < 1.29 is 28.5 Å². The zero-order valence-electron chi connectivity index (χ0n) is 20.4. The molecule has 188 valence electrons. The molecule has 2 saturated carbocycles. The van der Waals surface area contributed by atoms with E-state index in [2.05, 4.69) is 12.2 Å². The number of hydrogen-bond acceptors (Lipinski definition) is 6. The normalized spacial score (nSPS) is 36.6. The van der Waals surface area contributed by atoms with Gasteiger partial charge in [0.1, 0.15) is 18.3 Å². The highest BCUT2D eigenvalue weighted by atomic mass is 16.9. The van der Waals surface area contributed by atoms with Crippen molar-refractivity contribution in [3.05, 3.63) is 0 Å². The molecule has 1 N–H and O–H groups in total. The van der Waals surface area contributed by atoms with E-state index in [-0.39, 0.29) is 18.1 Å². The van der Waals surface area contributed by atoms with Crippen LogP contribution >= 0.6 is 0 Å². The van der Waals surface area contributed by atoms with Gasteiger partial charge in [-0.05, 0) is 32.1 Å². The van der Waals surface area contributed by atoms with Gasteiger partial charge in [0.2, 0.25) is 0 Å². The number of nitrogens with one attached hydrogen (secondary N) is 1. The van der Waals surface area contributed by atoms with Crippen molar-refractivity contribution in [2.24, 2.45) is 0 Å². The third-order valence-corrected chi connectivity index (χ3v) is 8.20. The standard InChI is InChI=1S/C26H43NO6/c1-2-3-4-5-6-13-18-27-23(28)21-19-20(31-25(30-19)14-9-7-10-15-25)22-24(29-21)33-26(32-22)16-11-8-12-17-26/h19-22,24H,2-18H2,1H3,(H,27,28)/t19-,20+,21+,22-,24+/m1/s1. The fourth-order valence-corrected chi connectivity index (χ4v) is 6.39. The summed E-state index contributed by atoms with van der Waals surface area (Å²) in [7, 11) is 0. The molecule has 3 heterocycles. The van der Waals surface area contributed by atoms with Gasteiger partial charge in [-0.3, -0.25) is 4.79 Å². The number of unbranched alkanes of at least 4 members (excludes halogenated alkanes) is 5. The highest BCUT2D eigenvalue weighted by Crippen LogP contribution is 2.50. The highest BCUT2D eigenvalue weighted by molar-refractivity contribution is 5.81. The molecule has 0 bridgehead atoms. The van der Waals surface area contributed by atoms with Crippen LogP contribution in [0, 0.1) is 0 Å². The van der Waals surface area contributed by atoms with Gasteiger partial charge in [-0.25, -0.2) is 0 Å². The topological polar surface area (TPSA) is 75.3 Å². The summed E-state index contributed by atoms with van der Waals surface area (Å²) in [5.41, 5.74) is 0. The number of hydrogen-bond donors (Lipinski definition) is 1. The number of ether oxygens (including phenoxy) is 5. The zero-order chi connectivity index (χ0) is 22.7. The van der Waals surface area contributed by atoms with E-state index in [4.69, 9.17) is 23.7 Å². The Morgan fingerprint density at radius 1 is 0.727 bits per heavy atom. The maximum Gasteiger partial charge on any atom is 0.252 e. The smallest absolute Gasteiger partial charge is 0.252 e. The molecule has 3 aliphatic heterocycles. The molecule has 2 aliphatic carbocycles. The van der Waals surface area contributed by atoms with Crippen LogP contribution in [-0.4, -0.2) is 54.7 Å². The molecule has 2 spiro atoms. The molecule has 0 aromatic heterocycles. The molecule has 7 nitrogen and oxygen atoms in total. The molecule has 3 saturated heterocycles. The van der Waals surface area contributed by atoms with E-state index in [9.17, 15) is 4.79 Å². The Kier molecular flexibility index (Phi) is 7.62. The highest BCUT2D eigenvalue weighted by Gasteiger charge is 2.65. The maximum atomic E-state index is 13.2. The maximum absolute atomic E-state index is 13.2. The second-order valence-corrected chi connectivity index (χ2v) is 10.8. The molecule has 5 rings (SSSR count). The van der Waals surface area contributed by atoms with Gasteiger partial charge in [0, 0.05) is 32.2 Å². The molecule has 0 aromatic rings. The third-order valence-electron chi connectivity index (χ3n) is 8.20. The first-order chi connectivity index (χ1) is 16.1. The lowest BCUT2D eigenvalue weighted by atomic mass is 9.94. The summed E-state index contributed by atoms with van der Waals surface area (Å²) in [6.45, 7) is 2.90. The van der Waals surface area contributed by atoms with Gasteiger partial charge < -0.3 is 29.0 Å². The number of rotatable bonds is 8. The number of carbonyl (C=O) groups is 1. The monoisotopic (exact) mass is 465 g/mol. The lowest BCUT2D eigenvalue weighted by Crippen LogP contribution is -2.59. The van der Waals surface area contributed by atoms with Crippen molar-refractivity contribution in [3.8, 4) is 0 Å². The first kappa shape index (κ1) is 24.0. The lowest BCUT2D eigenvalue weighted by molar-refractivity contribution is -0.247. The summed E-state index contributed by atoms with van der Waals surface area (Å²) in [4.78, 5) is 13.2. The lowest BCUT2D eigenvalue weighted by Gasteiger charge is -2.36. The molecule has 0 radical (unpaired) electrons. The second kappa shape index (κ2) is 10.5. The zero-order valence-corrected chi connectivity index (χ0v) is 20.4. The molecule has 7 heteroatoms. The van der Waals surface area contributed by atoms with E-state index < -0.39 is 30.1 Å². The summed E-state index contributed by atoms with van der Waals surface area (Å²) >= 11 is 0. The van der Waals surface area contributed by atoms with E-state index in [1.165, 1.54) is 38.5 Å². The minimum Gasteiger partial charge on any atom is -0.354 e. The quantitative estimate of drug-likeness (QED) is 0.524. The van der Waals surface area contributed by atoms with Crippen molar-refractivity contribution in [2.75, 3.05) is 6.54 Å². The van der Waals surface area contributed by atoms with Crippen molar-refractivity contribution in [2.45, 2.75) is 152 Å². The van der Waals surface area contributed by atoms with Gasteiger partial charge in [0.15, 0.2) is 24.0 Å². The second-order valence-electron chi connectivity index (χ2n) is 10.8. The predicted molar refractivity (Wildman–Crippen MR) is 122 cm³/mol. The molecule has 5 atom stereocenters. The van der Waals surface area contributed by atoms with Crippen LogP contribution in [-0.2, 0) is 28.5 Å². The molecule has 33 heavy (non-hydrogen) atoms. The minimum atomic E-state index is -0.722. The minimum absolute atomic E-state index is 0.110. The van der Waals surface area contributed by atoms with Crippen molar-refractivity contribution in [1.82, 2.24) is 5.32 Å². The molecule has 5 aliphatic rings. The average molecular weight is 466 g/mol. The van der Waals surface area contributed by atoms with Crippen LogP contribution in [0.15, 0.2) is 0 Å². The Hall–Kier alpha value is -0.730. The Balaban J connectivity index is 1.24. The predicted octanol–water partition coefficient (Wildman–Crippen LogP) is 4.71. The van der Waals surface area contributed by atoms with Crippen LogP contribution in [0.1, 0.15) is 110 Å². The summed E-state index contributed by atoms with van der Waals surface area (Å²) in [5, 5.41) is 3.10. The van der Waals surface area contributed by atoms with Crippen molar-refractivity contribution in [3.63, 3.8) is 0 Å².